The van der Waals surface area contributed by atoms with Gasteiger partial charge in [0.15, 0.2) is 0 Å². The van der Waals surface area contributed by atoms with Crippen LogP contribution < -0.4 is 5.32 Å². The number of carbonyl (C=O) groups excluding carboxylic acids is 1. The molecule has 0 bridgehead atoms. The van der Waals surface area contributed by atoms with E-state index in [9.17, 15) is 17.6 Å². The van der Waals surface area contributed by atoms with E-state index < -0.39 is 21.8 Å². The van der Waals surface area contributed by atoms with Gasteiger partial charge in [-0.3, -0.25) is 4.79 Å². The van der Waals surface area contributed by atoms with E-state index in [1.165, 1.54) is 22.6 Å². The second-order valence-corrected chi connectivity index (χ2v) is 8.95. The summed E-state index contributed by atoms with van der Waals surface area (Å²) in [5.74, 6) is -1.27. The molecule has 1 aliphatic rings. The lowest BCUT2D eigenvalue weighted by Crippen LogP contribution is -2.43. The third-order valence-electron chi connectivity index (χ3n) is 5.04. The van der Waals surface area contributed by atoms with Gasteiger partial charge in [-0.05, 0) is 49.2 Å². The fraction of sp³-hybridized carbons (Fsp3) is 0.250. The van der Waals surface area contributed by atoms with Crippen LogP contribution in [0.5, 0.6) is 0 Å². The molecule has 8 nitrogen and oxygen atoms in total. The number of piperidine rings is 1. The minimum absolute atomic E-state index is 0.0153. The number of amides is 1. The van der Waals surface area contributed by atoms with Gasteiger partial charge in [-0.25, -0.2) is 17.5 Å². The minimum atomic E-state index is -3.80. The van der Waals surface area contributed by atoms with Crippen molar-refractivity contribution in [3.8, 4) is 5.69 Å². The Morgan fingerprint density at radius 2 is 1.90 bits per heavy atom. The van der Waals surface area contributed by atoms with Crippen molar-refractivity contribution in [3.63, 3.8) is 0 Å². The van der Waals surface area contributed by atoms with E-state index in [0.717, 1.165) is 12.1 Å². The van der Waals surface area contributed by atoms with E-state index in [1.54, 1.807) is 29.1 Å². The molecule has 30 heavy (non-hydrogen) atoms. The van der Waals surface area contributed by atoms with E-state index >= 15 is 0 Å². The molecule has 1 aromatic heterocycles. The molecule has 1 fully saturated rings. The van der Waals surface area contributed by atoms with Crippen LogP contribution in [0.25, 0.3) is 5.69 Å². The summed E-state index contributed by atoms with van der Waals surface area (Å²) in [4.78, 5) is 12.9. The largest absolute Gasteiger partial charge is 0.324 e. The first-order valence-electron chi connectivity index (χ1n) is 9.47. The highest BCUT2D eigenvalue weighted by Crippen LogP contribution is 2.26. The molecule has 1 N–H and O–H groups in total. The zero-order valence-electron chi connectivity index (χ0n) is 16.0. The van der Waals surface area contributed by atoms with E-state index in [4.69, 9.17) is 0 Å². The summed E-state index contributed by atoms with van der Waals surface area (Å²) in [5.41, 5.74) is 1.22. The first kappa shape index (κ1) is 20.2. The van der Waals surface area contributed by atoms with Gasteiger partial charge in [0.05, 0.1) is 34.6 Å². The molecule has 156 valence electrons. The van der Waals surface area contributed by atoms with Gasteiger partial charge >= 0.3 is 0 Å². The standard InChI is InChI=1S/C20H20FN5O3S/c21-16-7-9-17(10-8-16)30(28,29)25-12-3-4-15(14-25)20(27)23-18-5-1-2-6-19(18)26-13-11-22-24-26/h1-2,5-11,13,15H,3-4,12,14H2,(H,23,27). The summed E-state index contributed by atoms with van der Waals surface area (Å²) >= 11 is 0. The Hall–Kier alpha value is -3.11. The van der Waals surface area contributed by atoms with Gasteiger partial charge in [0, 0.05) is 13.1 Å². The Morgan fingerprint density at radius 1 is 1.13 bits per heavy atom. The van der Waals surface area contributed by atoms with Crippen LogP contribution in [0.1, 0.15) is 12.8 Å². The van der Waals surface area contributed by atoms with Crippen molar-refractivity contribution in [1.82, 2.24) is 19.3 Å². The van der Waals surface area contributed by atoms with E-state index in [-0.39, 0.29) is 17.3 Å². The highest BCUT2D eigenvalue weighted by atomic mass is 32.2. The number of hydrogen-bond acceptors (Lipinski definition) is 5. The van der Waals surface area contributed by atoms with Crippen molar-refractivity contribution < 1.29 is 17.6 Å². The highest BCUT2D eigenvalue weighted by molar-refractivity contribution is 7.89. The second-order valence-electron chi connectivity index (χ2n) is 7.01. The Kier molecular flexibility index (Phi) is 5.60. The van der Waals surface area contributed by atoms with Crippen LogP contribution in [-0.2, 0) is 14.8 Å². The maximum atomic E-state index is 13.2. The van der Waals surface area contributed by atoms with Crippen molar-refractivity contribution >= 4 is 21.6 Å². The van der Waals surface area contributed by atoms with Crippen molar-refractivity contribution in [2.45, 2.75) is 17.7 Å². The van der Waals surface area contributed by atoms with Gasteiger partial charge in [0.2, 0.25) is 15.9 Å². The maximum absolute atomic E-state index is 13.2. The van der Waals surface area contributed by atoms with Crippen LogP contribution >= 0.6 is 0 Å². The Morgan fingerprint density at radius 3 is 2.63 bits per heavy atom. The number of para-hydroxylation sites is 2. The predicted molar refractivity (Wildman–Crippen MR) is 108 cm³/mol. The lowest BCUT2D eigenvalue weighted by Gasteiger charge is -2.31. The minimum Gasteiger partial charge on any atom is -0.324 e. The van der Waals surface area contributed by atoms with Crippen LogP contribution in [0.2, 0.25) is 0 Å². The summed E-state index contributed by atoms with van der Waals surface area (Å²) in [6.07, 6.45) is 4.34. The first-order valence-corrected chi connectivity index (χ1v) is 10.9. The molecular weight excluding hydrogens is 409 g/mol. The molecule has 0 radical (unpaired) electrons. The third-order valence-corrected chi connectivity index (χ3v) is 6.92. The maximum Gasteiger partial charge on any atom is 0.243 e. The van der Waals surface area contributed by atoms with E-state index in [1.807, 2.05) is 6.07 Å². The summed E-state index contributed by atoms with van der Waals surface area (Å²) in [6.45, 7) is 0.385. The number of sulfonamides is 1. The number of rotatable bonds is 5. The van der Waals surface area contributed by atoms with Crippen molar-refractivity contribution in [1.29, 1.82) is 0 Å². The Balaban J connectivity index is 1.50. The zero-order chi connectivity index (χ0) is 21.1. The number of nitrogens with zero attached hydrogens (tertiary/aromatic N) is 4. The fourth-order valence-corrected chi connectivity index (χ4v) is 5.00. The molecule has 1 unspecified atom stereocenters. The average molecular weight is 429 g/mol. The number of carbonyl (C=O) groups is 1. The molecule has 1 atom stereocenters. The number of hydrogen-bond donors (Lipinski definition) is 1. The van der Waals surface area contributed by atoms with Gasteiger partial charge in [0.1, 0.15) is 5.82 Å². The van der Waals surface area contributed by atoms with Crippen LogP contribution in [-0.4, -0.2) is 46.7 Å². The van der Waals surface area contributed by atoms with Crippen molar-refractivity contribution in [2.24, 2.45) is 5.92 Å². The fourth-order valence-electron chi connectivity index (χ4n) is 3.48. The summed E-state index contributed by atoms with van der Waals surface area (Å²) in [7, 11) is -3.80. The summed E-state index contributed by atoms with van der Waals surface area (Å²) in [6, 6.07) is 11.9. The van der Waals surface area contributed by atoms with Crippen LogP contribution in [0, 0.1) is 11.7 Å². The molecule has 0 spiro atoms. The normalized spacial score (nSPS) is 17.6. The second kappa shape index (κ2) is 8.33. The molecule has 1 aliphatic heterocycles. The van der Waals surface area contributed by atoms with Gasteiger partial charge < -0.3 is 5.32 Å². The topological polar surface area (TPSA) is 97.2 Å². The van der Waals surface area contributed by atoms with Crippen LogP contribution in [0.15, 0.2) is 65.8 Å². The van der Waals surface area contributed by atoms with E-state index in [0.29, 0.717) is 30.8 Å². The van der Waals surface area contributed by atoms with Crippen LogP contribution in [0.3, 0.4) is 0 Å². The number of benzene rings is 2. The third kappa shape index (κ3) is 4.10. The molecule has 2 aromatic carbocycles. The quantitative estimate of drug-likeness (QED) is 0.672. The van der Waals surface area contributed by atoms with E-state index in [2.05, 4.69) is 15.6 Å². The Labute approximate surface area is 173 Å². The molecule has 0 aliphatic carbocycles. The van der Waals surface area contributed by atoms with Gasteiger partial charge in [-0.2, -0.15) is 4.31 Å². The van der Waals surface area contributed by atoms with Crippen molar-refractivity contribution in [2.75, 3.05) is 18.4 Å². The zero-order valence-corrected chi connectivity index (χ0v) is 16.8. The summed E-state index contributed by atoms with van der Waals surface area (Å²) in [5, 5.41) is 10.6. The molecule has 4 rings (SSSR count). The monoisotopic (exact) mass is 429 g/mol. The van der Waals surface area contributed by atoms with Gasteiger partial charge in [-0.1, -0.05) is 17.3 Å². The average Bonchev–Trinajstić information content (AvgIpc) is 3.29. The highest BCUT2D eigenvalue weighted by Gasteiger charge is 2.33. The molecule has 3 aromatic rings. The molecule has 2 heterocycles. The number of halogens is 1. The Bertz CT molecular complexity index is 1130. The smallest absolute Gasteiger partial charge is 0.243 e. The predicted octanol–water partition coefficient (Wildman–Crippen LogP) is 2.45. The number of aromatic nitrogens is 3. The summed E-state index contributed by atoms with van der Waals surface area (Å²) < 4.78 is 41.8. The van der Waals surface area contributed by atoms with Crippen LogP contribution in [0.4, 0.5) is 10.1 Å². The molecular formula is C20H20FN5O3S. The van der Waals surface area contributed by atoms with Crippen molar-refractivity contribution in [3.05, 3.63) is 66.7 Å². The number of anilines is 1. The first-order chi connectivity index (χ1) is 14.4. The molecule has 10 heteroatoms. The molecule has 1 amide bonds. The number of nitrogens with one attached hydrogen (secondary N) is 1. The van der Waals surface area contributed by atoms with Gasteiger partial charge in [0.25, 0.3) is 0 Å². The SMILES string of the molecule is O=C(Nc1ccccc1-n1ccnn1)C1CCCN(S(=O)(=O)c2ccc(F)cc2)C1. The van der Waals surface area contributed by atoms with Gasteiger partial charge in [-0.15, -0.1) is 5.10 Å². The lowest BCUT2D eigenvalue weighted by molar-refractivity contribution is -0.120. The lowest BCUT2D eigenvalue weighted by atomic mass is 9.98. The molecule has 0 saturated carbocycles. The molecule has 1 saturated heterocycles.